The average molecular weight is 300 g/mol. The first-order valence-corrected chi connectivity index (χ1v) is 8.10. The molecule has 4 nitrogen and oxygen atoms in total. The van der Waals surface area contributed by atoms with Crippen molar-refractivity contribution in [2.75, 3.05) is 0 Å². The van der Waals surface area contributed by atoms with E-state index in [1.54, 1.807) is 24.3 Å². The Balaban J connectivity index is 2.72. The normalized spacial score (nSPS) is 12.8. The van der Waals surface area contributed by atoms with Gasteiger partial charge in [-0.1, -0.05) is 0 Å². The van der Waals surface area contributed by atoms with E-state index in [2.05, 4.69) is 10.8 Å². The molecule has 0 spiro atoms. The van der Waals surface area contributed by atoms with Crippen molar-refractivity contribution in [3.05, 3.63) is 29.8 Å². The van der Waals surface area contributed by atoms with Crippen molar-refractivity contribution in [2.45, 2.75) is 23.6 Å². The zero-order valence-electron chi connectivity index (χ0n) is 9.54. The van der Waals surface area contributed by atoms with E-state index >= 15 is 0 Å². The molecular weight excluding hydrogens is 285 g/mol. The molecule has 1 aromatic carbocycles. The predicted octanol–water partition coefficient (Wildman–Crippen LogP) is 1.82. The molecule has 5 heteroatoms. The average Bonchev–Trinajstić information content (AvgIpc) is 2.31. The maximum atomic E-state index is 10.9. The SMILES string of the molecule is C[Se]CCC(N=Cc1ccccc1O)C(=O)O. The van der Waals surface area contributed by atoms with E-state index in [4.69, 9.17) is 5.11 Å². The van der Waals surface area contributed by atoms with Gasteiger partial charge in [0.25, 0.3) is 0 Å². The number of carboxylic acids is 1. The summed E-state index contributed by atoms with van der Waals surface area (Å²) in [6.45, 7) is 0. The third-order valence-corrected chi connectivity index (χ3v) is 3.56. The van der Waals surface area contributed by atoms with Gasteiger partial charge in [-0.2, -0.15) is 0 Å². The fourth-order valence-corrected chi connectivity index (χ4v) is 2.22. The van der Waals surface area contributed by atoms with Gasteiger partial charge in [-0.05, 0) is 0 Å². The number of rotatable bonds is 6. The Morgan fingerprint density at radius 1 is 1.53 bits per heavy atom. The second-order valence-electron chi connectivity index (χ2n) is 3.47. The number of aliphatic carboxylic acids is 1. The predicted molar refractivity (Wildman–Crippen MR) is 68.2 cm³/mol. The van der Waals surface area contributed by atoms with Crippen LogP contribution in [0.2, 0.25) is 11.1 Å². The van der Waals surface area contributed by atoms with Crippen molar-refractivity contribution >= 4 is 27.1 Å². The van der Waals surface area contributed by atoms with Gasteiger partial charge in [0.15, 0.2) is 0 Å². The standard InChI is InChI=1S/C12H15NO3Se/c1-17-7-6-10(12(15)16)13-8-9-4-2-3-5-11(9)14/h2-5,8,10,14H,6-7H2,1H3,(H,15,16). The van der Waals surface area contributed by atoms with Gasteiger partial charge in [0.05, 0.1) is 0 Å². The van der Waals surface area contributed by atoms with Crippen LogP contribution in [0.4, 0.5) is 0 Å². The molecule has 2 N–H and O–H groups in total. The Bertz CT molecular complexity index is 406. The van der Waals surface area contributed by atoms with Crippen molar-refractivity contribution in [3.63, 3.8) is 0 Å². The Labute approximate surface area is 107 Å². The van der Waals surface area contributed by atoms with Crippen LogP contribution >= 0.6 is 0 Å². The van der Waals surface area contributed by atoms with Gasteiger partial charge >= 0.3 is 106 Å². The molecule has 0 heterocycles. The van der Waals surface area contributed by atoms with E-state index in [1.165, 1.54) is 6.21 Å². The monoisotopic (exact) mass is 301 g/mol. The van der Waals surface area contributed by atoms with Gasteiger partial charge in [0.1, 0.15) is 0 Å². The van der Waals surface area contributed by atoms with Gasteiger partial charge in [0, 0.05) is 0 Å². The van der Waals surface area contributed by atoms with E-state index in [0.29, 0.717) is 26.9 Å². The second kappa shape index (κ2) is 7.09. The van der Waals surface area contributed by atoms with Crippen molar-refractivity contribution in [3.8, 4) is 5.75 Å². The Hall–Kier alpha value is -1.32. The summed E-state index contributed by atoms with van der Waals surface area (Å²) in [6, 6.07) is 6.01. The van der Waals surface area contributed by atoms with Gasteiger partial charge in [-0.3, -0.25) is 0 Å². The molecule has 1 rings (SSSR count). The van der Waals surface area contributed by atoms with Crippen LogP contribution in [0.5, 0.6) is 5.75 Å². The van der Waals surface area contributed by atoms with Gasteiger partial charge < -0.3 is 0 Å². The molecule has 0 saturated heterocycles. The topological polar surface area (TPSA) is 69.9 Å². The zero-order chi connectivity index (χ0) is 12.7. The molecule has 0 aliphatic rings. The molecule has 0 aliphatic heterocycles. The minimum absolute atomic E-state index is 0.111. The van der Waals surface area contributed by atoms with Crippen molar-refractivity contribution in [2.24, 2.45) is 4.99 Å². The molecule has 17 heavy (non-hydrogen) atoms. The molecule has 0 fully saturated rings. The first kappa shape index (κ1) is 13.7. The number of nitrogens with zero attached hydrogens (tertiary/aromatic N) is 1. The number of hydrogen-bond acceptors (Lipinski definition) is 3. The van der Waals surface area contributed by atoms with Gasteiger partial charge in [-0.15, -0.1) is 0 Å². The summed E-state index contributed by atoms with van der Waals surface area (Å²) in [7, 11) is 0. The van der Waals surface area contributed by atoms with E-state index < -0.39 is 12.0 Å². The molecule has 1 atom stereocenters. The quantitative estimate of drug-likeness (QED) is 0.622. The molecule has 1 unspecified atom stereocenters. The Morgan fingerprint density at radius 3 is 2.82 bits per heavy atom. The summed E-state index contributed by atoms with van der Waals surface area (Å²) in [5.41, 5.74) is 0.542. The van der Waals surface area contributed by atoms with Crippen LogP contribution in [-0.2, 0) is 4.79 Å². The molecule has 0 aromatic heterocycles. The van der Waals surface area contributed by atoms with Crippen molar-refractivity contribution in [1.82, 2.24) is 0 Å². The number of phenols is 1. The number of benzene rings is 1. The first-order valence-electron chi connectivity index (χ1n) is 5.18. The fraction of sp³-hybridized carbons (Fsp3) is 0.333. The third kappa shape index (κ3) is 4.59. The summed E-state index contributed by atoms with van der Waals surface area (Å²) >= 11 is 0.456. The van der Waals surface area contributed by atoms with Crippen LogP contribution in [0.25, 0.3) is 0 Å². The summed E-state index contributed by atoms with van der Waals surface area (Å²) in [6.07, 6.45) is 1.98. The molecule has 0 aliphatic carbocycles. The molecular formula is C12H15NO3Se. The number of aliphatic imine (C=N–C) groups is 1. The third-order valence-electron chi connectivity index (χ3n) is 2.21. The number of phenolic OH excluding ortho intramolecular Hbond substituents is 1. The van der Waals surface area contributed by atoms with Gasteiger partial charge in [0.2, 0.25) is 0 Å². The fourth-order valence-electron chi connectivity index (χ4n) is 1.26. The molecule has 0 radical (unpaired) electrons. The van der Waals surface area contributed by atoms with Crippen LogP contribution in [0, 0.1) is 0 Å². The molecule has 0 bridgehead atoms. The number of carboxylic acid groups (broad SMARTS) is 1. The molecule has 0 saturated carbocycles. The number of aromatic hydroxyl groups is 1. The number of carbonyl (C=O) groups is 1. The first-order chi connectivity index (χ1) is 8.15. The van der Waals surface area contributed by atoms with Crippen LogP contribution in [0.15, 0.2) is 29.3 Å². The van der Waals surface area contributed by atoms with E-state index in [-0.39, 0.29) is 5.75 Å². The van der Waals surface area contributed by atoms with Crippen molar-refractivity contribution < 1.29 is 15.0 Å². The maximum absolute atomic E-state index is 10.9. The summed E-state index contributed by atoms with van der Waals surface area (Å²) in [5, 5.41) is 19.4. The summed E-state index contributed by atoms with van der Waals surface area (Å²) in [5.74, 6) is 1.26. The van der Waals surface area contributed by atoms with Crippen LogP contribution in [0.1, 0.15) is 12.0 Å². The second-order valence-corrected chi connectivity index (χ2v) is 5.54. The van der Waals surface area contributed by atoms with E-state index in [1.807, 2.05) is 0 Å². The Morgan fingerprint density at radius 2 is 2.24 bits per heavy atom. The van der Waals surface area contributed by atoms with E-state index in [9.17, 15) is 9.90 Å². The number of para-hydroxylation sites is 1. The van der Waals surface area contributed by atoms with Gasteiger partial charge in [-0.25, -0.2) is 0 Å². The molecule has 92 valence electrons. The Kier molecular flexibility index (Phi) is 5.73. The van der Waals surface area contributed by atoms with E-state index in [0.717, 1.165) is 5.32 Å². The summed E-state index contributed by atoms with van der Waals surface area (Å²) in [4.78, 5) is 15.0. The number of hydrogen-bond donors (Lipinski definition) is 2. The summed E-state index contributed by atoms with van der Waals surface area (Å²) < 4.78 is 0. The minimum atomic E-state index is -0.916. The van der Waals surface area contributed by atoms with Crippen LogP contribution in [0.3, 0.4) is 0 Å². The van der Waals surface area contributed by atoms with Crippen LogP contribution < -0.4 is 0 Å². The molecule has 1 aromatic rings. The zero-order valence-corrected chi connectivity index (χ0v) is 11.2. The van der Waals surface area contributed by atoms with Crippen molar-refractivity contribution in [1.29, 1.82) is 0 Å². The van der Waals surface area contributed by atoms with Crippen LogP contribution in [-0.4, -0.2) is 43.4 Å². The molecule has 0 amide bonds.